The number of carboxylic acid groups (broad SMARTS) is 1. The molecule has 0 atom stereocenters. The zero-order valence-corrected chi connectivity index (χ0v) is 18.1. The minimum absolute atomic E-state index is 0.154. The SMILES string of the molecule is N#CC(=Cc1cn(CC(=O)O)c2ccc(F)cc12)C(=O)N(Cc1ccccc1)c1ccccc1. The summed E-state index contributed by atoms with van der Waals surface area (Å²) in [6, 6.07) is 24.4. The molecule has 4 aromatic rings. The van der Waals surface area contributed by atoms with Gasteiger partial charge in [0.25, 0.3) is 5.91 Å². The topological polar surface area (TPSA) is 86.3 Å². The van der Waals surface area contributed by atoms with Crippen molar-refractivity contribution in [3.8, 4) is 6.07 Å². The Morgan fingerprint density at radius 1 is 1.03 bits per heavy atom. The van der Waals surface area contributed by atoms with Crippen LogP contribution in [-0.2, 0) is 22.7 Å². The molecular formula is C27H20FN3O3. The smallest absolute Gasteiger partial charge is 0.323 e. The van der Waals surface area contributed by atoms with Crippen molar-refractivity contribution < 1.29 is 19.1 Å². The standard InChI is InChI=1S/C27H20FN3O3/c28-22-11-12-25-24(14-22)21(17-30(25)18-26(32)33)13-20(15-29)27(34)31(23-9-5-2-6-10-23)16-19-7-3-1-4-8-19/h1-14,17H,16,18H2,(H,32,33). The maximum atomic E-state index is 14.0. The van der Waals surface area contributed by atoms with Gasteiger partial charge in [-0.25, -0.2) is 4.39 Å². The molecule has 0 aliphatic carbocycles. The van der Waals surface area contributed by atoms with Gasteiger partial charge in [0.15, 0.2) is 0 Å². The monoisotopic (exact) mass is 453 g/mol. The fraction of sp³-hybridized carbons (Fsp3) is 0.0741. The molecule has 0 aliphatic rings. The summed E-state index contributed by atoms with van der Waals surface area (Å²) in [6.07, 6.45) is 2.89. The zero-order valence-electron chi connectivity index (χ0n) is 18.1. The van der Waals surface area contributed by atoms with E-state index in [9.17, 15) is 24.3 Å². The molecule has 1 heterocycles. The molecule has 0 fully saturated rings. The molecule has 1 amide bonds. The van der Waals surface area contributed by atoms with Gasteiger partial charge in [-0.3, -0.25) is 9.59 Å². The zero-order chi connectivity index (χ0) is 24.1. The van der Waals surface area contributed by atoms with Gasteiger partial charge in [0.1, 0.15) is 24.0 Å². The first-order valence-corrected chi connectivity index (χ1v) is 10.5. The number of halogens is 1. The van der Waals surface area contributed by atoms with Gasteiger partial charge in [0.05, 0.1) is 6.54 Å². The number of carbonyl (C=O) groups excluding carboxylic acids is 1. The van der Waals surface area contributed by atoms with E-state index in [0.29, 0.717) is 22.2 Å². The number of aliphatic carboxylic acids is 1. The number of rotatable bonds is 7. The van der Waals surface area contributed by atoms with Crippen LogP contribution in [0, 0.1) is 17.1 Å². The van der Waals surface area contributed by atoms with Crippen LogP contribution >= 0.6 is 0 Å². The van der Waals surface area contributed by atoms with E-state index < -0.39 is 17.7 Å². The van der Waals surface area contributed by atoms with Gasteiger partial charge in [0, 0.05) is 28.4 Å². The van der Waals surface area contributed by atoms with E-state index in [-0.39, 0.29) is 18.7 Å². The van der Waals surface area contributed by atoms with Crippen molar-refractivity contribution >= 4 is 34.5 Å². The number of para-hydroxylation sites is 1. The van der Waals surface area contributed by atoms with Crippen LogP contribution in [0.25, 0.3) is 17.0 Å². The summed E-state index contributed by atoms with van der Waals surface area (Å²) in [5.74, 6) is -2.09. The molecule has 0 bridgehead atoms. The van der Waals surface area contributed by atoms with Gasteiger partial charge in [0.2, 0.25) is 0 Å². The molecular weight excluding hydrogens is 433 g/mol. The van der Waals surface area contributed by atoms with Gasteiger partial charge in [-0.15, -0.1) is 0 Å². The maximum Gasteiger partial charge on any atom is 0.323 e. The Hall–Kier alpha value is -4.70. The number of carbonyl (C=O) groups is 2. The number of nitrogens with zero attached hydrogens (tertiary/aromatic N) is 3. The number of amides is 1. The van der Waals surface area contributed by atoms with Crippen LogP contribution in [0.3, 0.4) is 0 Å². The molecule has 0 spiro atoms. The minimum Gasteiger partial charge on any atom is -0.480 e. The molecule has 0 radical (unpaired) electrons. The van der Waals surface area contributed by atoms with E-state index >= 15 is 0 Å². The van der Waals surface area contributed by atoms with Crippen molar-refractivity contribution in [3.05, 3.63) is 108 Å². The van der Waals surface area contributed by atoms with Crippen LogP contribution in [-0.4, -0.2) is 21.6 Å². The van der Waals surface area contributed by atoms with Gasteiger partial charge >= 0.3 is 5.97 Å². The Morgan fingerprint density at radius 3 is 2.35 bits per heavy atom. The molecule has 1 aromatic heterocycles. The molecule has 3 aromatic carbocycles. The van der Waals surface area contributed by atoms with Gasteiger partial charge < -0.3 is 14.6 Å². The number of hydrogen-bond acceptors (Lipinski definition) is 3. The van der Waals surface area contributed by atoms with E-state index in [0.717, 1.165) is 5.56 Å². The average Bonchev–Trinajstić information content (AvgIpc) is 3.17. The molecule has 0 unspecified atom stereocenters. The summed E-state index contributed by atoms with van der Waals surface area (Å²) >= 11 is 0. The summed E-state index contributed by atoms with van der Waals surface area (Å²) < 4.78 is 15.4. The fourth-order valence-electron chi connectivity index (χ4n) is 3.79. The van der Waals surface area contributed by atoms with Crippen molar-refractivity contribution in [3.63, 3.8) is 0 Å². The number of aromatic nitrogens is 1. The lowest BCUT2D eigenvalue weighted by Gasteiger charge is -2.22. The van der Waals surface area contributed by atoms with Gasteiger partial charge in [-0.05, 0) is 42.0 Å². The summed E-state index contributed by atoms with van der Waals surface area (Å²) in [4.78, 5) is 26.3. The summed E-state index contributed by atoms with van der Waals surface area (Å²) in [7, 11) is 0. The molecule has 6 nitrogen and oxygen atoms in total. The number of anilines is 1. The number of fused-ring (bicyclic) bond motifs is 1. The number of hydrogen-bond donors (Lipinski definition) is 1. The van der Waals surface area contributed by atoms with Crippen LogP contribution in [0.1, 0.15) is 11.1 Å². The van der Waals surface area contributed by atoms with E-state index in [1.54, 1.807) is 24.3 Å². The quantitative estimate of drug-likeness (QED) is 0.315. The minimum atomic E-state index is -1.06. The summed E-state index contributed by atoms with van der Waals surface area (Å²) in [6.45, 7) is -0.0892. The largest absolute Gasteiger partial charge is 0.480 e. The third-order valence-corrected chi connectivity index (χ3v) is 5.33. The predicted octanol–water partition coefficient (Wildman–Crippen LogP) is 5.01. The first-order chi connectivity index (χ1) is 16.5. The lowest BCUT2D eigenvalue weighted by Crippen LogP contribution is -2.31. The van der Waals surface area contributed by atoms with E-state index in [1.807, 2.05) is 42.5 Å². The molecule has 7 heteroatoms. The highest BCUT2D eigenvalue weighted by Gasteiger charge is 2.21. The molecule has 34 heavy (non-hydrogen) atoms. The van der Waals surface area contributed by atoms with Gasteiger partial charge in [-0.1, -0.05) is 48.5 Å². The Labute approximate surface area is 195 Å². The van der Waals surface area contributed by atoms with Crippen molar-refractivity contribution in [2.75, 3.05) is 4.90 Å². The van der Waals surface area contributed by atoms with Crippen LogP contribution < -0.4 is 4.90 Å². The third-order valence-electron chi connectivity index (χ3n) is 5.33. The predicted molar refractivity (Wildman–Crippen MR) is 127 cm³/mol. The second-order valence-electron chi connectivity index (χ2n) is 7.65. The van der Waals surface area contributed by atoms with Crippen molar-refractivity contribution in [1.29, 1.82) is 5.26 Å². The van der Waals surface area contributed by atoms with Crippen LogP contribution in [0.2, 0.25) is 0 Å². The Kier molecular flexibility index (Phi) is 6.51. The Bertz CT molecular complexity index is 1420. The molecule has 4 rings (SSSR count). The van der Waals surface area contributed by atoms with Crippen molar-refractivity contribution in [2.45, 2.75) is 13.1 Å². The first-order valence-electron chi connectivity index (χ1n) is 10.5. The molecule has 0 saturated carbocycles. The number of nitriles is 1. The first kappa shape index (κ1) is 22.5. The van der Waals surface area contributed by atoms with E-state index in [1.165, 1.54) is 39.9 Å². The van der Waals surface area contributed by atoms with Crippen LogP contribution in [0.15, 0.2) is 90.6 Å². The second-order valence-corrected chi connectivity index (χ2v) is 7.65. The summed E-state index contributed by atoms with van der Waals surface area (Å²) in [5, 5.41) is 19.5. The Morgan fingerprint density at radius 2 is 1.71 bits per heavy atom. The highest BCUT2D eigenvalue weighted by Crippen LogP contribution is 2.26. The van der Waals surface area contributed by atoms with Crippen molar-refractivity contribution in [2.24, 2.45) is 0 Å². The van der Waals surface area contributed by atoms with Crippen LogP contribution in [0.5, 0.6) is 0 Å². The molecule has 1 N–H and O–H groups in total. The Balaban J connectivity index is 1.78. The van der Waals surface area contributed by atoms with Crippen molar-refractivity contribution in [1.82, 2.24) is 4.57 Å². The number of carboxylic acids is 1. The number of benzene rings is 3. The fourth-order valence-corrected chi connectivity index (χ4v) is 3.79. The highest BCUT2D eigenvalue weighted by molar-refractivity contribution is 6.12. The lowest BCUT2D eigenvalue weighted by molar-refractivity contribution is -0.137. The molecule has 0 aliphatic heterocycles. The second kappa shape index (κ2) is 9.84. The van der Waals surface area contributed by atoms with Gasteiger partial charge in [-0.2, -0.15) is 5.26 Å². The molecule has 168 valence electrons. The normalized spacial score (nSPS) is 11.2. The highest BCUT2D eigenvalue weighted by atomic mass is 19.1. The lowest BCUT2D eigenvalue weighted by atomic mass is 10.1. The summed E-state index contributed by atoms with van der Waals surface area (Å²) in [5.41, 5.74) is 2.23. The third kappa shape index (κ3) is 4.87. The van der Waals surface area contributed by atoms with Crippen LogP contribution in [0.4, 0.5) is 10.1 Å². The molecule has 0 saturated heterocycles. The van der Waals surface area contributed by atoms with E-state index in [2.05, 4.69) is 0 Å². The maximum absolute atomic E-state index is 14.0. The van der Waals surface area contributed by atoms with E-state index in [4.69, 9.17) is 0 Å². The average molecular weight is 453 g/mol.